The predicted octanol–water partition coefficient (Wildman–Crippen LogP) is 4.11. The lowest BCUT2D eigenvalue weighted by atomic mass is 10.1. The van der Waals surface area contributed by atoms with Crippen molar-refractivity contribution in [3.05, 3.63) is 16.2 Å². The molecule has 1 fully saturated rings. The molecule has 0 radical (unpaired) electrons. The van der Waals surface area contributed by atoms with E-state index >= 15 is 0 Å². The molecule has 1 saturated carbocycles. The second kappa shape index (κ2) is 4.67. The van der Waals surface area contributed by atoms with Gasteiger partial charge in [0.25, 0.3) is 0 Å². The Morgan fingerprint density at radius 3 is 3.00 bits per heavy atom. The first kappa shape index (κ1) is 12.2. The molecule has 0 spiro atoms. The van der Waals surface area contributed by atoms with Gasteiger partial charge in [-0.15, -0.1) is 11.3 Å². The Hall–Kier alpha value is -0.870. The number of aromatic nitrogens is 2. The van der Waals surface area contributed by atoms with E-state index in [0.29, 0.717) is 11.2 Å². The minimum Gasteiger partial charge on any atom is -0.369 e. The second-order valence-corrected chi connectivity index (χ2v) is 6.69. The maximum Gasteiger partial charge on any atom is 0.225 e. The Morgan fingerprint density at radius 1 is 1.50 bits per heavy atom. The molecule has 0 aliphatic heterocycles. The molecule has 0 amide bonds. The summed E-state index contributed by atoms with van der Waals surface area (Å²) in [4.78, 5) is 10.8. The highest BCUT2D eigenvalue weighted by Crippen LogP contribution is 2.37. The van der Waals surface area contributed by atoms with Crippen molar-refractivity contribution >= 4 is 39.0 Å². The van der Waals surface area contributed by atoms with Crippen molar-refractivity contribution in [2.24, 2.45) is 11.8 Å². The Morgan fingerprint density at radius 2 is 2.28 bits per heavy atom. The lowest BCUT2D eigenvalue weighted by molar-refractivity contribution is 0.536. The van der Waals surface area contributed by atoms with Crippen LogP contribution >= 0.6 is 22.9 Å². The summed E-state index contributed by atoms with van der Waals surface area (Å²) < 4.78 is 0. The van der Waals surface area contributed by atoms with Crippen molar-refractivity contribution in [2.45, 2.75) is 26.7 Å². The number of fused-ring (bicyclic) bond motifs is 1. The van der Waals surface area contributed by atoms with Crippen LogP contribution < -0.4 is 5.32 Å². The number of thiophene rings is 1. The molecule has 5 heteroatoms. The number of nitrogens with zero attached hydrogens (tertiary/aromatic N) is 2. The fourth-order valence-electron chi connectivity index (χ4n) is 2.24. The SMILES string of the molecule is Cc1cc2c(NCC(C)C3CC3)nc(Cl)nc2s1. The number of anilines is 1. The van der Waals surface area contributed by atoms with E-state index in [1.54, 1.807) is 11.3 Å². The molecule has 3 nitrogen and oxygen atoms in total. The summed E-state index contributed by atoms with van der Waals surface area (Å²) in [6.07, 6.45) is 2.75. The molecule has 1 aliphatic carbocycles. The van der Waals surface area contributed by atoms with Crippen LogP contribution in [0.25, 0.3) is 10.2 Å². The van der Waals surface area contributed by atoms with Gasteiger partial charge in [-0.3, -0.25) is 0 Å². The number of hydrogen-bond acceptors (Lipinski definition) is 4. The molecule has 2 aromatic rings. The van der Waals surface area contributed by atoms with Crippen molar-refractivity contribution in [1.29, 1.82) is 0 Å². The smallest absolute Gasteiger partial charge is 0.225 e. The highest BCUT2D eigenvalue weighted by molar-refractivity contribution is 7.18. The number of aryl methyl sites for hydroxylation is 1. The molecule has 1 unspecified atom stereocenters. The summed E-state index contributed by atoms with van der Waals surface area (Å²) in [6, 6.07) is 2.13. The van der Waals surface area contributed by atoms with Gasteiger partial charge >= 0.3 is 0 Å². The average molecular weight is 282 g/mol. The van der Waals surface area contributed by atoms with Gasteiger partial charge in [-0.1, -0.05) is 6.92 Å². The molecule has 1 atom stereocenters. The molecule has 0 bridgehead atoms. The van der Waals surface area contributed by atoms with E-state index in [1.165, 1.54) is 17.7 Å². The van der Waals surface area contributed by atoms with E-state index in [1.807, 2.05) is 0 Å². The maximum absolute atomic E-state index is 5.97. The Bertz CT molecular complexity index is 577. The van der Waals surface area contributed by atoms with Crippen LogP contribution in [-0.2, 0) is 0 Å². The highest BCUT2D eigenvalue weighted by Gasteiger charge is 2.27. The fraction of sp³-hybridized carbons (Fsp3) is 0.538. The number of nitrogens with one attached hydrogen (secondary N) is 1. The van der Waals surface area contributed by atoms with Gasteiger partial charge in [0.15, 0.2) is 0 Å². The summed E-state index contributed by atoms with van der Waals surface area (Å²) in [5.41, 5.74) is 0. The zero-order chi connectivity index (χ0) is 12.7. The highest BCUT2D eigenvalue weighted by atomic mass is 35.5. The fourth-order valence-corrected chi connectivity index (χ4v) is 3.34. The van der Waals surface area contributed by atoms with Crippen LogP contribution in [0.2, 0.25) is 5.28 Å². The van der Waals surface area contributed by atoms with Gasteiger partial charge in [0.05, 0.1) is 5.39 Å². The van der Waals surface area contributed by atoms with Crippen molar-refractivity contribution in [1.82, 2.24) is 9.97 Å². The van der Waals surface area contributed by atoms with Crippen LogP contribution in [0.3, 0.4) is 0 Å². The molecular weight excluding hydrogens is 266 g/mol. The minimum atomic E-state index is 0.325. The van der Waals surface area contributed by atoms with E-state index in [-0.39, 0.29) is 0 Å². The van der Waals surface area contributed by atoms with E-state index in [4.69, 9.17) is 11.6 Å². The number of rotatable bonds is 4. The lowest BCUT2D eigenvalue weighted by Gasteiger charge is -2.12. The monoisotopic (exact) mass is 281 g/mol. The van der Waals surface area contributed by atoms with Crippen LogP contribution in [0.4, 0.5) is 5.82 Å². The third-order valence-corrected chi connectivity index (χ3v) is 4.62. The van der Waals surface area contributed by atoms with Gasteiger partial charge in [0.1, 0.15) is 10.6 Å². The largest absolute Gasteiger partial charge is 0.369 e. The van der Waals surface area contributed by atoms with Gasteiger partial charge in [0, 0.05) is 11.4 Å². The van der Waals surface area contributed by atoms with Crippen molar-refractivity contribution < 1.29 is 0 Å². The van der Waals surface area contributed by atoms with Crippen LogP contribution in [-0.4, -0.2) is 16.5 Å². The van der Waals surface area contributed by atoms with Gasteiger partial charge < -0.3 is 5.32 Å². The quantitative estimate of drug-likeness (QED) is 0.857. The summed E-state index contributed by atoms with van der Waals surface area (Å²) in [7, 11) is 0. The van der Waals surface area contributed by atoms with E-state index < -0.39 is 0 Å². The number of hydrogen-bond donors (Lipinski definition) is 1. The van der Waals surface area contributed by atoms with Gasteiger partial charge in [-0.05, 0) is 49.3 Å². The zero-order valence-electron chi connectivity index (χ0n) is 10.5. The minimum absolute atomic E-state index is 0.325. The van der Waals surface area contributed by atoms with Crippen LogP contribution in [0, 0.1) is 18.8 Å². The summed E-state index contributed by atoms with van der Waals surface area (Å²) in [5.74, 6) is 2.48. The predicted molar refractivity (Wildman–Crippen MR) is 77.5 cm³/mol. The van der Waals surface area contributed by atoms with Crippen LogP contribution in [0.5, 0.6) is 0 Å². The van der Waals surface area contributed by atoms with Crippen LogP contribution in [0.1, 0.15) is 24.6 Å². The number of halogens is 1. The summed E-state index contributed by atoms with van der Waals surface area (Å²) in [6.45, 7) is 5.34. The van der Waals surface area contributed by atoms with Gasteiger partial charge in [-0.25, -0.2) is 9.97 Å². The van der Waals surface area contributed by atoms with E-state index in [0.717, 1.165) is 28.5 Å². The van der Waals surface area contributed by atoms with Gasteiger partial charge in [-0.2, -0.15) is 0 Å². The Balaban J connectivity index is 1.85. The molecule has 1 aliphatic rings. The normalized spacial score (nSPS) is 17.1. The molecule has 3 rings (SSSR count). The molecule has 2 heterocycles. The molecule has 18 heavy (non-hydrogen) atoms. The third-order valence-electron chi connectivity index (χ3n) is 3.51. The molecule has 2 aromatic heterocycles. The molecule has 0 aromatic carbocycles. The maximum atomic E-state index is 5.97. The summed E-state index contributed by atoms with van der Waals surface area (Å²) in [5, 5.41) is 4.85. The van der Waals surface area contributed by atoms with Crippen molar-refractivity contribution in [3.8, 4) is 0 Å². The molecular formula is C13H16ClN3S. The van der Waals surface area contributed by atoms with E-state index in [2.05, 4.69) is 35.2 Å². The topological polar surface area (TPSA) is 37.8 Å². The van der Waals surface area contributed by atoms with Gasteiger partial charge in [0.2, 0.25) is 5.28 Å². The Labute approximate surface area is 116 Å². The zero-order valence-corrected chi connectivity index (χ0v) is 12.1. The first-order chi connectivity index (χ1) is 8.63. The average Bonchev–Trinajstić information content (AvgIpc) is 3.08. The van der Waals surface area contributed by atoms with Crippen LogP contribution in [0.15, 0.2) is 6.07 Å². The second-order valence-electron chi connectivity index (χ2n) is 5.11. The third kappa shape index (κ3) is 2.45. The van der Waals surface area contributed by atoms with Crippen molar-refractivity contribution in [3.63, 3.8) is 0 Å². The Kier molecular flexibility index (Phi) is 3.16. The standard InChI is InChI=1S/C13H16ClN3S/c1-7(9-3-4-9)6-15-11-10-5-8(2)18-12(10)17-13(14)16-11/h5,7,9H,3-4,6H2,1-2H3,(H,15,16,17). The molecule has 96 valence electrons. The molecule has 0 saturated heterocycles. The first-order valence-electron chi connectivity index (χ1n) is 6.31. The summed E-state index contributed by atoms with van der Waals surface area (Å²) >= 11 is 7.63. The van der Waals surface area contributed by atoms with Crippen molar-refractivity contribution in [2.75, 3.05) is 11.9 Å². The lowest BCUT2D eigenvalue weighted by Crippen LogP contribution is -2.14. The van der Waals surface area contributed by atoms with E-state index in [9.17, 15) is 0 Å². The molecule has 1 N–H and O–H groups in total. The first-order valence-corrected chi connectivity index (χ1v) is 7.50.